The van der Waals surface area contributed by atoms with Crippen molar-refractivity contribution < 1.29 is 18.7 Å². The van der Waals surface area contributed by atoms with Crippen molar-refractivity contribution in [3.05, 3.63) is 59.9 Å². The molecule has 0 aromatic heterocycles. The molecule has 0 bridgehead atoms. The minimum absolute atomic E-state index is 0.0916. The van der Waals surface area contributed by atoms with E-state index in [0.717, 1.165) is 0 Å². The fourth-order valence-corrected chi connectivity index (χ4v) is 1.61. The Labute approximate surface area is 121 Å². The molecule has 0 fully saturated rings. The molecule has 21 heavy (non-hydrogen) atoms. The number of esters is 1. The molecule has 0 saturated carbocycles. The third-order valence-corrected chi connectivity index (χ3v) is 2.75. The number of ether oxygens (including phenoxy) is 1. The lowest BCUT2D eigenvalue weighted by Crippen LogP contribution is -2.10. The summed E-state index contributed by atoms with van der Waals surface area (Å²) >= 11 is 0. The number of anilines is 1. The van der Waals surface area contributed by atoms with E-state index in [1.54, 1.807) is 31.2 Å². The fraction of sp³-hybridized carbons (Fsp3) is 0.125. The first kappa shape index (κ1) is 14.7. The fourth-order valence-electron chi connectivity index (χ4n) is 1.61. The molecule has 2 rings (SSSR count). The van der Waals surface area contributed by atoms with Crippen molar-refractivity contribution in [2.75, 3.05) is 5.32 Å². The lowest BCUT2D eigenvalue weighted by molar-refractivity contribution is -0.115. The molecule has 2 aromatic rings. The summed E-state index contributed by atoms with van der Waals surface area (Å²) in [6.07, 6.45) is 0.390. The van der Waals surface area contributed by atoms with Gasteiger partial charge in [0.25, 0.3) is 0 Å². The minimum atomic E-state index is -0.569. The second kappa shape index (κ2) is 6.65. The first-order valence-electron chi connectivity index (χ1n) is 6.46. The highest BCUT2D eigenvalue weighted by Crippen LogP contribution is 2.17. The quantitative estimate of drug-likeness (QED) is 0.692. The van der Waals surface area contributed by atoms with Crippen molar-refractivity contribution in [2.45, 2.75) is 13.3 Å². The number of hydrogen-bond donors (Lipinski definition) is 1. The summed E-state index contributed by atoms with van der Waals surface area (Å²) in [5, 5.41) is 2.69. The maximum atomic E-state index is 12.8. The van der Waals surface area contributed by atoms with Gasteiger partial charge in [-0.05, 0) is 48.5 Å². The molecule has 0 aliphatic carbocycles. The molecular formula is C16H14FNO3. The van der Waals surface area contributed by atoms with E-state index in [2.05, 4.69) is 5.32 Å². The number of carbonyl (C=O) groups is 2. The van der Waals surface area contributed by atoms with Crippen LogP contribution in [0.3, 0.4) is 0 Å². The smallest absolute Gasteiger partial charge is 0.343 e. The van der Waals surface area contributed by atoms with Gasteiger partial charge in [0.2, 0.25) is 5.91 Å². The molecule has 0 atom stereocenters. The van der Waals surface area contributed by atoms with Crippen LogP contribution in [0.2, 0.25) is 0 Å². The van der Waals surface area contributed by atoms with Gasteiger partial charge < -0.3 is 10.1 Å². The maximum absolute atomic E-state index is 12.8. The number of nitrogens with one attached hydrogen (secondary N) is 1. The van der Waals surface area contributed by atoms with Gasteiger partial charge in [0.15, 0.2) is 0 Å². The lowest BCUT2D eigenvalue weighted by Gasteiger charge is -2.06. The van der Waals surface area contributed by atoms with E-state index >= 15 is 0 Å². The minimum Gasteiger partial charge on any atom is -0.423 e. The molecule has 0 unspecified atom stereocenters. The summed E-state index contributed by atoms with van der Waals surface area (Å²) in [6.45, 7) is 1.76. The molecule has 1 N–H and O–H groups in total. The Kier molecular flexibility index (Phi) is 4.66. The number of amides is 1. The van der Waals surface area contributed by atoms with Crippen molar-refractivity contribution >= 4 is 17.6 Å². The highest BCUT2D eigenvalue weighted by Gasteiger charge is 2.08. The molecule has 0 saturated heterocycles. The zero-order chi connectivity index (χ0) is 15.2. The Morgan fingerprint density at radius 1 is 1.05 bits per heavy atom. The Hall–Kier alpha value is -2.69. The topological polar surface area (TPSA) is 55.4 Å². The molecule has 0 spiro atoms. The Balaban J connectivity index is 2.01. The molecule has 0 aliphatic rings. The van der Waals surface area contributed by atoms with E-state index in [1.165, 1.54) is 24.3 Å². The second-order valence-corrected chi connectivity index (χ2v) is 4.32. The van der Waals surface area contributed by atoms with Crippen LogP contribution in [0.4, 0.5) is 10.1 Å². The van der Waals surface area contributed by atoms with E-state index in [4.69, 9.17) is 4.74 Å². The number of rotatable bonds is 4. The summed E-state index contributed by atoms with van der Waals surface area (Å²) < 4.78 is 17.9. The Morgan fingerprint density at radius 2 is 1.67 bits per heavy atom. The summed E-state index contributed by atoms with van der Waals surface area (Å²) in [7, 11) is 0. The largest absolute Gasteiger partial charge is 0.423 e. The third kappa shape index (κ3) is 4.14. The van der Waals surface area contributed by atoms with Gasteiger partial charge in [-0.1, -0.05) is 6.92 Å². The van der Waals surface area contributed by atoms with Crippen LogP contribution < -0.4 is 10.1 Å². The number of hydrogen-bond acceptors (Lipinski definition) is 3. The average molecular weight is 287 g/mol. The summed E-state index contributed by atoms with van der Waals surface area (Å²) in [5.41, 5.74) is 0.892. The molecule has 1 amide bonds. The highest BCUT2D eigenvalue weighted by atomic mass is 19.1. The predicted molar refractivity (Wildman–Crippen MR) is 76.7 cm³/mol. The Morgan fingerprint density at radius 3 is 2.24 bits per heavy atom. The van der Waals surface area contributed by atoms with Crippen LogP contribution in [-0.4, -0.2) is 11.9 Å². The second-order valence-electron chi connectivity index (χ2n) is 4.32. The summed E-state index contributed by atoms with van der Waals surface area (Å²) in [4.78, 5) is 23.0. The monoisotopic (exact) mass is 287 g/mol. The molecule has 5 heteroatoms. The molecule has 0 radical (unpaired) electrons. The van der Waals surface area contributed by atoms with Crippen LogP contribution in [-0.2, 0) is 4.79 Å². The van der Waals surface area contributed by atoms with Gasteiger partial charge in [0, 0.05) is 12.1 Å². The molecule has 0 aliphatic heterocycles. The SMILES string of the molecule is CCC(=O)Nc1ccc(OC(=O)c2ccc(F)cc2)cc1. The molecule has 0 heterocycles. The predicted octanol–water partition coefficient (Wildman–Crippen LogP) is 3.39. The van der Waals surface area contributed by atoms with Crippen molar-refractivity contribution in [1.82, 2.24) is 0 Å². The maximum Gasteiger partial charge on any atom is 0.343 e. The normalized spacial score (nSPS) is 10.0. The zero-order valence-corrected chi connectivity index (χ0v) is 11.4. The highest BCUT2D eigenvalue weighted by molar-refractivity contribution is 5.92. The van der Waals surface area contributed by atoms with E-state index in [-0.39, 0.29) is 11.5 Å². The van der Waals surface area contributed by atoms with E-state index in [9.17, 15) is 14.0 Å². The summed E-state index contributed by atoms with van der Waals surface area (Å²) in [5.74, 6) is -0.729. The number of halogens is 1. The van der Waals surface area contributed by atoms with Crippen LogP contribution in [0.25, 0.3) is 0 Å². The van der Waals surface area contributed by atoms with E-state index < -0.39 is 11.8 Å². The van der Waals surface area contributed by atoms with Crippen molar-refractivity contribution in [2.24, 2.45) is 0 Å². The van der Waals surface area contributed by atoms with Crippen molar-refractivity contribution in [1.29, 1.82) is 0 Å². The van der Waals surface area contributed by atoms with Gasteiger partial charge in [0.05, 0.1) is 5.56 Å². The van der Waals surface area contributed by atoms with Crippen molar-refractivity contribution in [3.63, 3.8) is 0 Å². The standard InChI is InChI=1S/C16H14FNO3/c1-2-15(19)18-13-7-9-14(10-8-13)21-16(20)11-3-5-12(17)6-4-11/h3-10H,2H2,1H3,(H,18,19). The van der Waals surface area contributed by atoms with Gasteiger partial charge in [-0.25, -0.2) is 9.18 Å². The first-order chi connectivity index (χ1) is 10.1. The molecule has 4 nitrogen and oxygen atoms in total. The summed E-state index contributed by atoms with van der Waals surface area (Å²) in [6, 6.07) is 11.5. The number of benzene rings is 2. The van der Waals surface area contributed by atoms with Gasteiger partial charge in [-0.2, -0.15) is 0 Å². The van der Waals surface area contributed by atoms with Gasteiger partial charge in [0.1, 0.15) is 11.6 Å². The van der Waals surface area contributed by atoms with Crippen LogP contribution >= 0.6 is 0 Å². The lowest BCUT2D eigenvalue weighted by atomic mass is 10.2. The average Bonchev–Trinajstić information content (AvgIpc) is 2.49. The number of carbonyl (C=O) groups excluding carboxylic acids is 2. The molecule has 2 aromatic carbocycles. The zero-order valence-electron chi connectivity index (χ0n) is 11.4. The first-order valence-corrected chi connectivity index (χ1v) is 6.46. The van der Waals surface area contributed by atoms with Gasteiger partial charge in [-0.15, -0.1) is 0 Å². The van der Waals surface area contributed by atoms with Crippen LogP contribution in [0.5, 0.6) is 5.75 Å². The van der Waals surface area contributed by atoms with Crippen LogP contribution in [0.1, 0.15) is 23.7 Å². The van der Waals surface area contributed by atoms with Crippen LogP contribution in [0.15, 0.2) is 48.5 Å². The molecular weight excluding hydrogens is 273 g/mol. The van der Waals surface area contributed by atoms with Crippen LogP contribution in [0, 0.1) is 5.82 Å². The van der Waals surface area contributed by atoms with Crippen molar-refractivity contribution in [3.8, 4) is 5.75 Å². The van der Waals surface area contributed by atoms with Gasteiger partial charge >= 0.3 is 5.97 Å². The third-order valence-electron chi connectivity index (χ3n) is 2.75. The van der Waals surface area contributed by atoms with E-state index in [0.29, 0.717) is 17.9 Å². The Bertz CT molecular complexity index is 636. The van der Waals surface area contributed by atoms with Gasteiger partial charge in [-0.3, -0.25) is 4.79 Å². The van der Waals surface area contributed by atoms with E-state index in [1.807, 2.05) is 0 Å². The molecule has 108 valence electrons.